The Balaban J connectivity index is 1.54. The van der Waals surface area contributed by atoms with E-state index in [2.05, 4.69) is 16.0 Å². The van der Waals surface area contributed by atoms with Crippen molar-refractivity contribution in [3.05, 3.63) is 71.8 Å². The first-order chi connectivity index (χ1) is 14.5. The number of hydrogen-bond acceptors (Lipinski definition) is 5. The largest absolute Gasteiger partial charge is 0.455 e. The number of ether oxygens (including phenoxy) is 1. The fraction of sp³-hybridized carbons (Fsp3) is 0.273. The summed E-state index contributed by atoms with van der Waals surface area (Å²) in [6, 6.07) is 16.5. The highest BCUT2D eigenvalue weighted by atomic mass is 16.5. The molecule has 0 spiro atoms. The minimum Gasteiger partial charge on any atom is -0.455 e. The maximum absolute atomic E-state index is 12.5. The van der Waals surface area contributed by atoms with Gasteiger partial charge in [0.2, 0.25) is 0 Å². The van der Waals surface area contributed by atoms with Gasteiger partial charge in [-0.05, 0) is 30.5 Å². The molecule has 0 bridgehead atoms. The van der Waals surface area contributed by atoms with Gasteiger partial charge in [-0.2, -0.15) is 0 Å². The van der Waals surface area contributed by atoms with E-state index >= 15 is 0 Å². The molecular weight excluding hydrogens is 386 g/mol. The number of amides is 4. The van der Waals surface area contributed by atoms with Crippen LogP contribution in [0.2, 0.25) is 0 Å². The quantitative estimate of drug-likeness (QED) is 0.578. The zero-order valence-electron chi connectivity index (χ0n) is 16.3. The molecule has 2 aromatic carbocycles. The average Bonchev–Trinajstić information content (AvgIpc) is 3.57. The average molecular weight is 409 g/mol. The lowest BCUT2D eigenvalue weighted by Crippen LogP contribution is -2.42. The number of esters is 1. The molecule has 1 aliphatic carbocycles. The van der Waals surface area contributed by atoms with E-state index in [4.69, 9.17) is 4.74 Å². The first kappa shape index (κ1) is 21.0. The van der Waals surface area contributed by atoms with Gasteiger partial charge in [-0.25, -0.2) is 4.79 Å². The van der Waals surface area contributed by atoms with Gasteiger partial charge in [-0.3, -0.25) is 19.7 Å². The van der Waals surface area contributed by atoms with Crippen LogP contribution in [0.5, 0.6) is 0 Å². The van der Waals surface area contributed by atoms with Crippen LogP contribution in [0, 0.1) is 0 Å². The molecule has 3 rings (SSSR count). The van der Waals surface area contributed by atoms with Gasteiger partial charge in [0.15, 0.2) is 6.61 Å². The molecule has 4 amide bonds. The molecule has 1 atom stereocenters. The monoisotopic (exact) mass is 409 g/mol. The first-order valence-electron chi connectivity index (χ1n) is 9.68. The van der Waals surface area contributed by atoms with Crippen molar-refractivity contribution in [3.8, 4) is 0 Å². The fourth-order valence-electron chi connectivity index (χ4n) is 2.75. The number of imide groups is 1. The second kappa shape index (κ2) is 10.2. The topological polar surface area (TPSA) is 114 Å². The van der Waals surface area contributed by atoms with Gasteiger partial charge in [0, 0.05) is 11.6 Å². The summed E-state index contributed by atoms with van der Waals surface area (Å²) < 4.78 is 4.98. The lowest BCUT2D eigenvalue weighted by atomic mass is 10.0. The van der Waals surface area contributed by atoms with E-state index in [1.54, 1.807) is 54.6 Å². The molecule has 1 fully saturated rings. The van der Waals surface area contributed by atoms with Crippen molar-refractivity contribution in [1.82, 2.24) is 16.0 Å². The van der Waals surface area contributed by atoms with E-state index in [0.29, 0.717) is 5.56 Å². The van der Waals surface area contributed by atoms with E-state index in [0.717, 1.165) is 18.4 Å². The number of rotatable bonds is 8. The minimum absolute atomic E-state index is 0.111. The van der Waals surface area contributed by atoms with Crippen molar-refractivity contribution in [1.29, 1.82) is 0 Å². The summed E-state index contributed by atoms with van der Waals surface area (Å²) in [6.45, 7) is -0.578. The predicted octanol–water partition coefficient (Wildman–Crippen LogP) is 2.08. The van der Waals surface area contributed by atoms with Crippen LogP contribution in [0.25, 0.3) is 0 Å². The van der Waals surface area contributed by atoms with Crippen LogP contribution in [-0.4, -0.2) is 36.5 Å². The Morgan fingerprint density at radius 3 is 2.20 bits per heavy atom. The Hall–Kier alpha value is -3.68. The maximum Gasteiger partial charge on any atom is 0.321 e. The van der Waals surface area contributed by atoms with Crippen molar-refractivity contribution >= 4 is 23.8 Å². The minimum atomic E-state index is -0.717. The molecule has 0 radical (unpaired) electrons. The second-order valence-corrected chi connectivity index (χ2v) is 6.96. The molecule has 3 N–H and O–H groups in total. The van der Waals surface area contributed by atoms with E-state index < -0.39 is 30.6 Å². The van der Waals surface area contributed by atoms with Crippen LogP contribution in [-0.2, 0) is 14.3 Å². The molecule has 0 unspecified atom stereocenters. The summed E-state index contributed by atoms with van der Waals surface area (Å²) in [5, 5.41) is 7.54. The fourth-order valence-corrected chi connectivity index (χ4v) is 2.75. The molecule has 30 heavy (non-hydrogen) atoms. The normalized spacial score (nSPS) is 13.6. The van der Waals surface area contributed by atoms with Crippen molar-refractivity contribution in [2.75, 3.05) is 6.61 Å². The molecule has 156 valence electrons. The summed E-state index contributed by atoms with van der Waals surface area (Å²) in [5.41, 5.74) is 1.19. The Morgan fingerprint density at radius 1 is 0.933 bits per heavy atom. The highest BCUT2D eigenvalue weighted by Crippen LogP contribution is 2.19. The number of urea groups is 1. The van der Waals surface area contributed by atoms with Crippen LogP contribution in [0.3, 0.4) is 0 Å². The number of hydrogen-bond donors (Lipinski definition) is 3. The van der Waals surface area contributed by atoms with Crippen LogP contribution >= 0.6 is 0 Å². The van der Waals surface area contributed by atoms with Crippen LogP contribution < -0.4 is 16.0 Å². The van der Waals surface area contributed by atoms with Gasteiger partial charge in [0.25, 0.3) is 11.8 Å². The number of carbonyl (C=O) groups excluding carboxylic acids is 4. The van der Waals surface area contributed by atoms with Gasteiger partial charge in [-0.15, -0.1) is 0 Å². The summed E-state index contributed by atoms with van der Waals surface area (Å²) in [7, 11) is 0. The van der Waals surface area contributed by atoms with Crippen molar-refractivity contribution in [2.45, 2.75) is 31.3 Å². The van der Waals surface area contributed by atoms with E-state index in [1.165, 1.54) is 0 Å². The van der Waals surface area contributed by atoms with Crippen LogP contribution in [0.1, 0.15) is 41.2 Å². The molecule has 0 heterocycles. The molecular formula is C22H23N3O5. The summed E-state index contributed by atoms with van der Waals surface area (Å²) in [6.07, 6.45) is 1.63. The van der Waals surface area contributed by atoms with E-state index in [-0.39, 0.29) is 18.4 Å². The first-order valence-corrected chi connectivity index (χ1v) is 9.68. The van der Waals surface area contributed by atoms with Crippen molar-refractivity contribution in [3.63, 3.8) is 0 Å². The van der Waals surface area contributed by atoms with E-state index in [1.807, 2.05) is 6.07 Å². The van der Waals surface area contributed by atoms with E-state index in [9.17, 15) is 19.2 Å². The Morgan fingerprint density at radius 2 is 1.57 bits per heavy atom. The molecule has 8 nitrogen and oxygen atoms in total. The zero-order chi connectivity index (χ0) is 21.3. The lowest BCUT2D eigenvalue weighted by molar-refractivity contribution is -0.148. The molecule has 0 aromatic heterocycles. The Bertz CT molecular complexity index is 898. The van der Waals surface area contributed by atoms with Gasteiger partial charge in [0.1, 0.15) is 0 Å². The van der Waals surface area contributed by atoms with Crippen LogP contribution in [0.4, 0.5) is 4.79 Å². The maximum atomic E-state index is 12.5. The summed E-state index contributed by atoms with van der Waals surface area (Å²) >= 11 is 0. The number of nitrogens with one attached hydrogen (secondary N) is 3. The molecule has 8 heteroatoms. The molecule has 1 saturated carbocycles. The molecule has 2 aromatic rings. The van der Waals surface area contributed by atoms with Gasteiger partial charge >= 0.3 is 12.0 Å². The predicted molar refractivity (Wildman–Crippen MR) is 108 cm³/mol. The highest BCUT2D eigenvalue weighted by molar-refractivity contribution is 5.96. The second-order valence-electron chi connectivity index (χ2n) is 6.96. The van der Waals surface area contributed by atoms with Crippen LogP contribution in [0.15, 0.2) is 60.7 Å². The Labute approximate surface area is 174 Å². The third-order valence-electron chi connectivity index (χ3n) is 4.44. The third kappa shape index (κ3) is 6.73. The lowest BCUT2D eigenvalue weighted by Gasteiger charge is -2.18. The smallest absolute Gasteiger partial charge is 0.321 e. The SMILES string of the molecule is O=C(COC(=O)C[C@@H](NC(=O)c1ccccc1)c1ccccc1)NC(=O)NC1CC1. The molecule has 1 aliphatic rings. The highest BCUT2D eigenvalue weighted by Gasteiger charge is 2.24. The van der Waals surface area contributed by atoms with Gasteiger partial charge in [0.05, 0.1) is 12.5 Å². The third-order valence-corrected chi connectivity index (χ3v) is 4.44. The Kier molecular flexibility index (Phi) is 7.15. The summed E-state index contributed by atoms with van der Waals surface area (Å²) in [5.74, 6) is -1.72. The number of carbonyl (C=O) groups is 4. The van der Waals surface area contributed by atoms with Gasteiger partial charge < -0.3 is 15.4 Å². The van der Waals surface area contributed by atoms with Crippen molar-refractivity contribution in [2.24, 2.45) is 0 Å². The number of benzene rings is 2. The summed E-state index contributed by atoms with van der Waals surface area (Å²) in [4.78, 5) is 48.1. The van der Waals surface area contributed by atoms with Crippen molar-refractivity contribution < 1.29 is 23.9 Å². The standard InChI is InChI=1S/C22H23N3O5/c26-19(25-22(29)23-17-11-12-17)14-30-20(27)13-18(15-7-3-1-4-8-15)24-21(28)16-9-5-2-6-10-16/h1-10,17-18H,11-14H2,(H,24,28)(H2,23,25,26,29)/t18-/m1/s1. The zero-order valence-corrected chi connectivity index (χ0v) is 16.3. The molecule has 0 saturated heterocycles. The molecule has 0 aliphatic heterocycles. The van der Waals surface area contributed by atoms with Gasteiger partial charge in [-0.1, -0.05) is 48.5 Å².